The maximum absolute atomic E-state index is 3.71. The topological polar surface area (TPSA) is 12.0 Å². The number of nitrogens with one attached hydrogen (secondary N) is 1. The first-order valence-corrected chi connectivity index (χ1v) is 8.89. The van der Waals surface area contributed by atoms with Crippen molar-refractivity contribution < 1.29 is 0 Å². The molecule has 1 aliphatic rings. The normalized spacial score (nSPS) is 24.1. The van der Waals surface area contributed by atoms with Crippen LogP contribution in [0.4, 0.5) is 0 Å². The summed E-state index contributed by atoms with van der Waals surface area (Å²) in [5.74, 6) is 1.48. The summed E-state index contributed by atoms with van der Waals surface area (Å²) in [7, 11) is 0. The van der Waals surface area contributed by atoms with Crippen molar-refractivity contribution in [2.75, 3.05) is 6.54 Å². The Hall–Kier alpha value is -0.820. The van der Waals surface area contributed by atoms with E-state index in [1.807, 2.05) is 0 Å². The molecule has 1 fully saturated rings. The minimum absolute atomic E-state index is 0.468. The highest BCUT2D eigenvalue weighted by Crippen LogP contribution is 2.57. The maximum Gasteiger partial charge on any atom is 0.0135 e. The van der Waals surface area contributed by atoms with E-state index in [-0.39, 0.29) is 0 Å². The van der Waals surface area contributed by atoms with Crippen molar-refractivity contribution in [3.8, 4) is 0 Å². The highest BCUT2D eigenvalue weighted by molar-refractivity contribution is 5.31. The van der Waals surface area contributed by atoms with Crippen LogP contribution in [0.25, 0.3) is 0 Å². The van der Waals surface area contributed by atoms with Gasteiger partial charge < -0.3 is 5.32 Å². The van der Waals surface area contributed by atoms with Gasteiger partial charge in [0.15, 0.2) is 0 Å². The first-order valence-electron chi connectivity index (χ1n) is 8.89. The van der Waals surface area contributed by atoms with Crippen molar-refractivity contribution >= 4 is 0 Å². The fourth-order valence-electron chi connectivity index (χ4n) is 4.38. The van der Waals surface area contributed by atoms with Crippen LogP contribution in [0.5, 0.6) is 0 Å². The van der Waals surface area contributed by atoms with Gasteiger partial charge in [-0.05, 0) is 60.6 Å². The summed E-state index contributed by atoms with van der Waals surface area (Å²) >= 11 is 0. The lowest BCUT2D eigenvalue weighted by atomic mass is 9.52. The molecule has 1 N–H and O–H groups in total. The van der Waals surface area contributed by atoms with Crippen LogP contribution in [0, 0.1) is 11.3 Å². The van der Waals surface area contributed by atoms with Gasteiger partial charge >= 0.3 is 0 Å². The van der Waals surface area contributed by atoms with Crippen molar-refractivity contribution in [3.63, 3.8) is 0 Å². The number of benzene rings is 1. The largest absolute Gasteiger partial charge is 0.314 e. The highest BCUT2D eigenvalue weighted by Gasteiger charge is 2.52. The van der Waals surface area contributed by atoms with Gasteiger partial charge in [-0.2, -0.15) is 0 Å². The third-order valence-electron chi connectivity index (χ3n) is 5.65. The van der Waals surface area contributed by atoms with E-state index in [2.05, 4.69) is 64.2 Å². The lowest BCUT2D eigenvalue weighted by Crippen LogP contribution is -2.58. The SMILES string of the molecule is CCNC1CC(c2ccc(CC(C)C)cc2)C1(CC)CC. The first kappa shape index (κ1) is 16.5. The standard InChI is InChI=1S/C20H33N/c1-6-20(7-2)18(14-19(20)21-8-3)17-11-9-16(10-12-17)13-15(4)5/h9-12,15,18-19,21H,6-8,13-14H2,1-5H3. The fraction of sp³-hybridized carbons (Fsp3) is 0.700. The van der Waals surface area contributed by atoms with E-state index < -0.39 is 0 Å². The summed E-state index contributed by atoms with van der Waals surface area (Å²) in [6.07, 6.45) is 5.05. The Morgan fingerprint density at radius 3 is 2.19 bits per heavy atom. The molecule has 21 heavy (non-hydrogen) atoms. The van der Waals surface area contributed by atoms with Gasteiger partial charge in [0.1, 0.15) is 0 Å². The van der Waals surface area contributed by atoms with Crippen LogP contribution in [-0.2, 0) is 6.42 Å². The molecule has 1 nitrogen and oxygen atoms in total. The second-order valence-corrected chi connectivity index (χ2v) is 7.18. The molecule has 0 bridgehead atoms. The van der Waals surface area contributed by atoms with Gasteiger partial charge in [0.25, 0.3) is 0 Å². The zero-order chi connectivity index (χ0) is 15.5. The Kier molecular flexibility index (Phi) is 5.48. The molecule has 1 saturated carbocycles. The fourth-order valence-corrected chi connectivity index (χ4v) is 4.38. The van der Waals surface area contributed by atoms with Crippen molar-refractivity contribution in [1.29, 1.82) is 0 Å². The molecular weight excluding hydrogens is 254 g/mol. The molecule has 0 radical (unpaired) electrons. The van der Waals surface area contributed by atoms with Gasteiger partial charge in [-0.15, -0.1) is 0 Å². The second-order valence-electron chi connectivity index (χ2n) is 7.18. The Morgan fingerprint density at radius 1 is 1.10 bits per heavy atom. The van der Waals surface area contributed by atoms with Crippen LogP contribution in [0.3, 0.4) is 0 Å². The van der Waals surface area contributed by atoms with E-state index in [9.17, 15) is 0 Å². The number of rotatable bonds is 7. The summed E-state index contributed by atoms with van der Waals surface area (Å²) < 4.78 is 0. The molecule has 118 valence electrons. The molecule has 0 saturated heterocycles. The van der Waals surface area contributed by atoms with Crippen LogP contribution in [0.2, 0.25) is 0 Å². The van der Waals surface area contributed by atoms with Crippen LogP contribution in [-0.4, -0.2) is 12.6 Å². The molecule has 1 aromatic carbocycles. The van der Waals surface area contributed by atoms with Crippen LogP contribution < -0.4 is 5.32 Å². The second kappa shape index (κ2) is 6.96. The molecule has 0 amide bonds. The molecule has 0 spiro atoms. The van der Waals surface area contributed by atoms with Gasteiger partial charge in [0.05, 0.1) is 0 Å². The van der Waals surface area contributed by atoms with E-state index in [0.717, 1.165) is 18.4 Å². The van der Waals surface area contributed by atoms with Gasteiger partial charge in [-0.25, -0.2) is 0 Å². The lowest BCUT2D eigenvalue weighted by Gasteiger charge is -2.56. The Bertz CT molecular complexity index is 428. The van der Waals surface area contributed by atoms with Crippen LogP contribution in [0.15, 0.2) is 24.3 Å². The van der Waals surface area contributed by atoms with Crippen LogP contribution >= 0.6 is 0 Å². The molecule has 1 aliphatic carbocycles. The predicted molar refractivity (Wildman–Crippen MR) is 92.8 cm³/mol. The summed E-state index contributed by atoms with van der Waals surface area (Å²) in [5, 5.41) is 3.71. The smallest absolute Gasteiger partial charge is 0.0135 e. The summed E-state index contributed by atoms with van der Waals surface area (Å²) in [6.45, 7) is 12.6. The molecule has 1 heteroatoms. The molecule has 2 atom stereocenters. The zero-order valence-corrected chi connectivity index (χ0v) is 14.6. The third kappa shape index (κ3) is 3.18. The van der Waals surface area contributed by atoms with E-state index >= 15 is 0 Å². The molecular formula is C20H33N. The van der Waals surface area contributed by atoms with E-state index in [4.69, 9.17) is 0 Å². The Morgan fingerprint density at radius 2 is 1.71 bits per heavy atom. The summed E-state index contributed by atoms with van der Waals surface area (Å²) in [6, 6.07) is 10.2. The van der Waals surface area contributed by atoms with Crippen molar-refractivity contribution in [2.45, 2.75) is 72.3 Å². The van der Waals surface area contributed by atoms with Gasteiger partial charge in [0, 0.05) is 6.04 Å². The van der Waals surface area contributed by atoms with Crippen molar-refractivity contribution in [3.05, 3.63) is 35.4 Å². The molecule has 2 unspecified atom stereocenters. The summed E-state index contributed by atoms with van der Waals surface area (Å²) in [5.41, 5.74) is 3.51. The Balaban J connectivity index is 2.14. The predicted octanol–water partition coefficient (Wildman–Crippen LogP) is 5.16. The molecule has 1 aromatic rings. The average Bonchev–Trinajstić information content (AvgIpc) is 2.45. The van der Waals surface area contributed by atoms with E-state index in [1.54, 1.807) is 5.56 Å². The maximum atomic E-state index is 3.71. The molecule has 0 aromatic heterocycles. The molecule has 2 rings (SSSR count). The molecule has 0 aliphatic heterocycles. The van der Waals surface area contributed by atoms with Gasteiger partial charge in [0.2, 0.25) is 0 Å². The minimum Gasteiger partial charge on any atom is -0.314 e. The number of hydrogen-bond acceptors (Lipinski definition) is 1. The highest BCUT2D eigenvalue weighted by atomic mass is 15.0. The van der Waals surface area contributed by atoms with Gasteiger partial charge in [-0.3, -0.25) is 0 Å². The lowest BCUT2D eigenvalue weighted by molar-refractivity contribution is 0.0210. The van der Waals surface area contributed by atoms with E-state index in [0.29, 0.717) is 11.5 Å². The summed E-state index contributed by atoms with van der Waals surface area (Å²) in [4.78, 5) is 0. The third-order valence-corrected chi connectivity index (χ3v) is 5.65. The molecule has 0 heterocycles. The van der Waals surface area contributed by atoms with Crippen LogP contribution in [0.1, 0.15) is 70.9 Å². The first-order chi connectivity index (χ1) is 10.1. The Labute approximate surface area is 131 Å². The van der Waals surface area contributed by atoms with Crippen molar-refractivity contribution in [2.24, 2.45) is 11.3 Å². The van der Waals surface area contributed by atoms with E-state index in [1.165, 1.54) is 31.2 Å². The van der Waals surface area contributed by atoms with Crippen molar-refractivity contribution in [1.82, 2.24) is 5.32 Å². The minimum atomic E-state index is 0.468. The van der Waals surface area contributed by atoms with Gasteiger partial charge in [-0.1, -0.05) is 58.9 Å². The monoisotopic (exact) mass is 287 g/mol. The quantitative estimate of drug-likeness (QED) is 0.730. The zero-order valence-electron chi connectivity index (χ0n) is 14.6. The number of hydrogen-bond donors (Lipinski definition) is 1. The average molecular weight is 287 g/mol.